The summed E-state index contributed by atoms with van der Waals surface area (Å²) in [5.41, 5.74) is 4.32. The SMILES string of the molecule is Cc1ccc(NC(=O)c2cccc(C(C)(C)C#N)c2)cc1Oc1ccc2nc(NC(=O)c3cscn3)nn2c1. The van der Waals surface area contributed by atoms with Crippen LogP contribution in [0.15, 0.2) is 71.7 Å². The Kier molecular flexibility index (Phi) is 6.79. The summed E-state index contributed by atoms with van der Waals surface area (Å²) < 4.78 is 7.60. The third kappa shape index (κ3) is 5.61. The van der Waals surface area contributed by atoms with Gasteiger partial charge >= 0.3 is 0 Å². The highest BCUT2D eigenvalue weighted by Gasteiger charge is 2.21. The van der Waals surface area contributed by atoms with E-state index in [1.54, 1.807) is 59.6 Å². The highest BCUT2D eigenvalue weighted by Crippen LogP contribution is 2.29. The Labute approximate surface area is 227 Å². The van der Waals surface area contributed by atoms with Gasteiger partial charge in [-0.2, -0.15) is 10.2 Å². The van der Waals surface area contributed by atoms with Crippen LogP contribution < -0.4 is 15.4 Å². The maximum Gasteiger partial charge on any atom is 0.277 e. The van der Waals surface area contributed by atoms with E-state index in [1.165, 1.54) is 15.9 Å². The smallest absolute Gasteiger partial charge is 0.277 e. The molecule has 0 atom stereocenters. The molecule has 0 bridgehead atoms. The first-order chi connectivity index (χ1) is 18.7. The van der Waals surface area contributed by atoms with Gasteiger partial charge in [0.15, 0.2) is 5.65 Å². The first-order valence-electron chi connectivity index (χ1n) is 11.9. The molecule has 0 unspecified atom stereocenters. The van der Waals surface area contributed by atoms with Crippen LogP contribution in [0.5, 0.6) is 11.5 Å². The second-order valence-electron chi connectivity index (χ2n) is 9.28. The molecule has 0 aliphatic rings. The number of anilines is 2. The highest BCUT2D eigenvalue weighted by atomic mass is 32.1. The minimum Gasteiger partial charge on any atom is -0.455 e. The van der Waals surface area contributed by atoms with E-state index < -0.39 is 11.3 Å². The van der Waals surface area contributed by atoms with E-state index in [0.29, 0.717) is 34.1 Å². The van der Waals surface area contributed by atoms with Crippen LogP contribution >= 0.6 is 11.3 Å². The van der Waals surface area contributed by atoms with Gasteiger partial charge in [0.1, 0.15) is 17.2 Å². The summed E-state index contributed by atoms with van der Waals surface area (Å²) in [4.78, 5) is 33.5. The van der Waals surface area contributed by atoms with E-state index >= 15 is 0 Å². The zero-order valence-electron chi connectivity index (χ0n) is 21.3. The Balaban J connectivity index is 1.31. The zero-order chi connectivity index (χ0) is 27.6. The lowest BCUT2D eigenvalue weighted by atomic mass is 9.85. The van der Waals surface area contributed by atoms with Gasteiger partial charge in [0.25, 0.3) is 11.8 Å². The summed E-state index contributed by atoms with van der Waals surface area (Å²) in [6.45, 7) is 5.52. The maximum atomic E-state index is 12.9. The molecule has 10 nitrogen and oxygen atoms in total. The van der Waals surface area contributed by atoms with Crippen molar-refractivity contribution >= 4 is 40.4 Å². The van der Waals surface area contributed by atoms with Crippen LogP contribution in [-0.4, -0.2) is 31.4 Å². The molecule has 0 radical (unpaired) electrons. The predicted molar refractivity (Wildman–Crippen MR) is 147 cm³/mol. The van der Waals surface area contributed by atoms with Crippen molar-refractivity contribution < 1.29 is 14.3 Å². The van der Waals surface area contributed by atoms with Crippen molar-refractivity contribution in [3.8, 4) is 17.6 Å². The van der Waals surface area contributed by atoms with Crippen molar-refractivity contribution in [2.45, 2.75) is 26.2 Å². The zero-order valence-corrected chi connectivity index (χ0v) is 22.1. The van der Waals surface area contributed by atoms with Gasteiger partial charge in [-0.1, -0.05) is 18.2 Å². The van der Waals surface area contributed by atoms with Crippen LogP contribution in [0.3, 0.4) is 0 Å². The van der Waals surface area contributed by atoms with E-state index in [4.69, 9.17) is 4.74 Å². The fourth-order valence-electron chi connectivity index (χ4n) is 3.70. The molecule has 0 saturated heterocycles. The normalized spacial score (nSPS) is 11.1. The summed E-state index contributed by atoms with van der Waals surface area (Å²) in [7, 11) is 0. The van der Waals surface area contributed by atoms with E-state index in [0.717, 1.165) is 11.1 Å². The molecular formula is C28H23N7O3S. The molecule has 0 aliphatic carbocycles. The number of nitriles is 1. The number of nitrogens with zero attached hydrogens (tertiary/aromatic N) is 5. The molecule has 0 aliphatic heterocycles. The molecule has 194 valence electrons. The fraction of sp³-hybridized carbons (Fsp3) is 0.143. The predicted octanol–water partition coefficient (Wildman–Crippen LogP) is 5.59. The molecule has 5 aromatic rings. The third-order valence-electron chi connectivity index (χ3n) is 5.99. The average Bonchev–Trinajstić information content (AvgIpc) is 3.60. The molecule has 0 saturated carbocycles. The van der Waals surface area contributed by atoms with Crippen LogP contribution in [0.4, 0.5) is 11.6 Å². The molecule has 3 aromatic heterocycles. The number of thiazole rings is 1. The number of aryl methyl sites for hydroxylation is 1. The summed E-state index contributed by atoms with van der Waals surface area (Å²) in [5.74, 6) is 0.495. The fourth-order valence-corrected chi connectivity index (χ4v) is 4.23. The summed E-state index contributed by atoms with van der Waals surface area (Å²) in [6.07, 6.45) is 1.65. The number of aromatic nitrogens is 4. The first kappa shape index (κ1) is 25.6. The third-order valence-corrected chi connectivity index (χ3v) is 6.58. The number of amides is 2. The Bertz CT molecular complexity index is 1740. The Morgan fingerprint density at radius 1 is 1.08 bits per heavy atom. The van der Waals surface area contributed by atoms with Gasteiger partial charge in [0, 0.05) is 22.7 Å². The van der Waals surface area contributed by atoms with Crippen LogP contribution in [-0.2, 0) is 5.41 Å². The van der Waals surface area contributed by atoms with Crippen molar-refractivity contribution in [2.24, 2.45) is 0 Å². The lowest BCUT2D eigenvalue weighted by molar-refractivity contribution is 0.101. The number of hydrogen-bond donors (Lipinski definition) is 2. The van der Waals surface area contributed by atoms with Gasteiger partial charge in [-0.3, -0.25) is 14.9 Å². The molecule has 2 aromatic carbocycles. The van der Waals surface area contributed by atoms with Crippen LogP contribution in [0.1, 0.15) is 45.8 Å². The van der Waals surface area contributed by atoms with E-state index in [1.807, 2.05) is 32.9 Å². The topological polar surface area (TPSA) is 134 Å². The molecule has 2 N–H and O–H groups in total. The minimum absolute atomic E-state index is 0.147. The number of benzene rings is 2. The Morgan fingerprint density at radius 3 is 2.69 bits per heavy atom. The van der Waals surface area contributed by atoms with Crippen molar-refractivity contribution in [1.82, 2.24) is 19.6 Å². The Hall–Kier alpha value is -5.08. The van der Waals surface area contributed by atoms with Crippen molar-refractivity contribution in [3.05, 3.63) is 94.1 Å². The van der Waals surface area contributed by atoms with Gasteiger partial charge < -0.3 is 10.1 Å². The van der Waals surface area contributed by atoms with Gasteiger partial charge in [-0.05, 0) is 62.2 Å². The number of carbonyl (C=O) groups is 2. The number of carbonyl (C=O) groups excluding carboxylic acids is 2. The van der Waals surface area contributed by atoms with Crippen molar-refractivity contribution in [2.75, 3.05) is 10.6 Å². The van der Waals surface area contributed by atoms with E-state index in [2.05, 4.69) is 31.8 Å². The number of fused-ring (bicyclic) bond motifs is 1. The Morgan fingerprint density at radius 2 is 1.92 bits per heavy atom. The molecule has 11 heteroatoms. The molecule has 2 amide bonds. The maximum absolute atomic E-state index is 12.9. The molecule has 0 fully saturated rings. The van der Waals surface area contributed by atoms with Crippen molar-refractivity contribution in [1.29, 1.82) is 5.26 Å². The van der Waals surface area contributed by atoms with Gasteiger partial charge in [0.2, 0.25) is 5.95 Å². The van der Waals surface area contributed by atoms with Crippen LogP contribution in [0.2, 0.25) is 0 Å². The second kappa shape index (κ2) is 10.4. The lowest BCUT2D eigenvalue weighted by Gasteiger charge is -2.16. The largest absolute Gasteiger partial charge is 0.455 e. The quantitative estimate of drug-likeness (QED) is 0.276. The number of hydrogen-bond acceptors (Lipinski definition) is 8. The molecule has 3 heterocycles. The number of pyridine rings is 1. The highest BCUT2D eigenvalue weighted by molar-refractivity contribution is 7.07. The minimum atomic E-state index is -0.708. The van der Waals surface area contributed by atoms with Gasteiger partial charge in [0.05, 0.1) is 23.2 Å². The summed E-state index contributed by atoms with van der Waals surface area (Å²) >= 11 is 1.32. The number of rotatable bonds is 7. The summed E-state index contributed by atoms with van der Waals surface area (Å²) in [6, 6.07) is 18.1. The van der Waals surface area contributed by atoms with Crippen LogP contribution in [0.25, 0.3) is 5.65 Å². The number of ether oxygens (including phenoxy) is 1. The van der Waals surface area contributed by atoms with Crippen molar-refractivity contribution in [3.63, 3.8) is 0 Å². The molecule has 0 spiro atoms. The standard InChI is InChI=1S/C28H23N7O3S/c1-17-7-8-20(31-25(36)18-5-4-6-19(11-18)28(2,3)15-29)12-23(17)38-21-9-10-24-32-27(34-35(24)13-21)33-26(37)22-14-39-16-30-22/h4-14,16H,1-3H3,(H,31,36)(H,33,34,37). The molecule has 39 heavy (non-hydrogen) atoms. The second-order valence-corrected chi connectivity index (χ2v) is 10.0. The van der Waals surface area contributed by atoms with E-state index in [-0.39, 0.29) is 11.9 Å². The van der Waals surface area contributed by atoms with Gasteiger partial charge in [-0.25, -0.2) is 9.50 Å². The molecular weight excluding hydrogens is 514 g/mol. The molecule has 5 rings (SSSR count). The lowest BCUT2D eigenvalue weighted by Crippen LogP contribution is -2.17. The monoisotopic (exact) mass is 537 g/mol. The van der Waals surface area contributed by atoms with E-state index in [9.17, 15) is 14.9 Å². The first-order valence-corrected chi connectivity index (χ1v) is 12.8. The van der Waals surface area contributed by atoms with Gasteiger partial charge in [-0.15, -0.1) is 16.4 Å². The summed E-state index contributed by atoms with van der Waals surface area (Å²) in [5, 5.41) is 20.9. The van der Waals surface area contributed by atoms with Crippen LogP contribution in [0, 0.1) is 18.3 Å². The number of nitrogens with one attached hydrogen (secondary N) is 2. The average molecular weight is 538 g/mol.